The van der Waals surface area contributed by atoms with Gasteiger partial charge in [-0.3, -0.25) is 0 Å². The van der Waals surface area contributed by atoms with E-state index in [1.165, 1.54) is 7.11 Å². The van der Waals surface area contributed by atoms with Crippen molar-refractivity contribution in [2.24, 2.45) is 0 Å². The second-order valence-electron chi connectivity index (χ2n) is 7.62. The largest absolute Gasteiger partial charge is 0.504 e. The zero-order valence-corrected chi connectivity index (χ0v) is 16.0. The molecule has 4 heteroatoms. The Hall–Kier alpha value is -1.55. The van der Waals surface area contributed by atoms with E-state index in [2.05, 4.69) is 6.92 Å². The molecule has 1 aromatic rings. The minimum Gasteiger partial charge on any atom is -0.504 e. The van der Waals surface area contributed by atoms with Crippen molar-refractivity contribution in [1.29, 1.82) is 0 Å². The number of rotatable bonds is 6. The van der Waals surface area contributed by atoms with Gasteiger partial charge in [-0.15, -0.1) is 0 Å². The predicted molar refractivity (Wildman–Crippen MR) is 99.4 cm³/mol. The van der Waals surface area contributed by atoms with Crippen molar-refractivity contribution in [1.82, 2.24) is 0 Å². The molecular formula is C21H31FO3. The molecule has 0 aromatic heterocycles. The maximum absolute atomic E-state index is 15.7. The van der Waals surface area contributed by atoms with Gasteiger partial charge in [0.25, 0.3) is 0 Å². The molecular weight excluding hydrogens is 319 g/mol. The van der Waals surface area contributed by atoms with E-state index in [0.717, 1.165) is 23.1 Å². The summed E-state index contributed by atoms with van der Waals surface area (Å²) < 4.78 is 21.2. The maximum atomic E-state index is 15.7. The molecule has 0 bridgehead atoms. The Balaban J connectivity index is 2.50. The van der Waals surface area contributed by atoms with Crippen LogP contribution < -0.4 is 4.74 Å². The molecule has 25 heavy (non-hydrogen) atoms. The fourth-order valence-corrected chi connectivity index (χ4v) is 4.04. The summed E-state index contributed by atoms with van der Waals surface area (Å²) in [5, 5.41) is 20.2. The highest BCUT2D eigenvalue weighted by Gasteiger charge is 2.43. The summed E-state index contributed by atoms with van der Waals surface area (Å²) in [5.41, 5.74) is 1.92. The van der Waals surface area contributed by atoms with Gasteiger partial charge < -0.3 is 14.9 Å². The monoisotopic (exact) mass is 350 g/mol. The average Bonchev–Trinajstić information content (AvgIpc) is 2.56. The number of alkyl halides is 1. The molecule has 2 rings (SSSR count). The lowest BCUT2D eigenvalue weighted by molar-refractivity contribution is 0.0306. The van der Waals surface area contributed by atoms with Crippen molar-refractivity contribution in [3.05, 3.63) is 34.4 Å². The van der Waals surface area contributed by atoms with Crippen LogP contribution in [0.3, 0.4) is 0 Å². The molecule has 0 radical (unpaired) electrons. The fraction of sp³-hybridized carbons (Fsp3) is 0.619. The molecule has 0 aliphatic heterocycles. The summed E-state index contributed by atoms with van der Waals surface area (Å²) in [6, 6.07) is 1.87. The standard InChI is InChI=1S/C21H31FO3/c1-13(2)7-6-10-21(22,12-23)17-9-8-14(3)18-16(17)11-15(4)19(24)20(18)25-5/h7,11,14,17,23-24H,6,8-10,12H2,1-5H3/t14-,17-,21?/m1/s1. The highest BCUT2D eigenvalue weighted by atomic mass is 19.1. The van der Waals surface area contributed by atoms with Gasteiger partial charge in [0.1, 0.15) is 5.67 Å². The summed E-state index contributed by atoms with van der Waals surface area (Å²) in [7, 11) is 1.54. The number of ether oxygens (including phenoxy) is 1. The van der Waals surface area contributed by atoms with Gasteiger partial charge in [-0.05, 0) is 63.5 Å². The molecule has 3 nitrogen and oxygen atoms in total. The smallest absolute Gasteiger partial charge is 0.164 e. The van der Waals surface area contributed by atoms with Crippen molar-refractivity contribution < 1.29 is 19.3 Å². The number of methoxy groups -OCH3 is 1. The number of aromatic hydroxyl groups is 1. The first-order valence-electron chi connectivity index (χ1n) is 9.08. The quantitative estimate of drug-likeness (QED) is 0.699. The van der Waals surface area contributed by atoms with E-state index < -0.39 is 12.3 Å². The van der Waals surface area contributed by atoms with Crippen molar-refractivity contribution in [2.45, 2.75) is 70.9 Å². The van der Waals surface area contributed by atoms with Crippen molar-refractivity contribution in [2.75, 3.05) is 13.7 Å². The topological polar surface area (TPSA) is 49.7 Å². The van der Waals surface area contributed by atoms with Crippen LogP contribution in [0.1, 0.15) is 75.0 Å². The SMILES string of the molecule is COc1c(O)c(C)cc2c1[C@H](C)CC[C@H]2C(F)(CO)CCC=C(C)C. The summed E-state index contributed by atoms with van der Waals surface area (Å²) in [4.78, 5) is 0. The number of aryl methyl sites for hydroxylation is 1. The molecule has 3 atom stereocenters. The molecule has 140 valence electrons. The number of fused-ring (bicyclic) bond motifs is 1. The minimum absolute atomic E-state index is 0.131. The summed E-state index contributed by atoms with van der Waals surface area (Å²) in [6.45, 7) is 7.37. The van der Waals surface area contributed by atoms with Gasteiger partial charge in [-0.25, -0.2) is 4.39 Å². The minimum atomic E-state index is -1.67. The molecule has 0 heterocycles. The lowest BCUT2D eigenvalue weighted by atomic mass is 9.69. The number of hydrogen-bond acceptors (Lipinski definition) is 3. The van der Waals surface area contributed by atoms with Gasteiger partial charge in [0, 0.05) is 11.5 Å². The number of halogens is 1. The van der Waals surface area contributed by atoms with Crippen LogP contribution in [0, 0.1) is 6.92 Å². The second-order valence-corrected chi connectivity index (χ2v) is 7.62. The van der Waals surface area contributed by atoms with Gasteiger partial charge in [-0.1, -0.05) is 24.6 Å². The third-order valence-electron chi connectivity index (χ3n) is 5.48. The van der Waals surface area contributed by atoms with E-state index in [1.54, 1.807) is 6.92 Å². The van der Waals surface area contributed by atoms with Crippen LogP contribution in [0.15, 0.2) is 17.7 Å². The average molecular weight is 350 g/mol. The molecule has 0 saturated carbocycles. The number of hydrogen-bond donors (Lipinski definition) is 2. The molecule has 2 N–H and O–H groups in total. The number of aliphatic hydroxyl groups is 1. The van der Waals surface area contributed by atoms with E-state index in [9.17, 15) is 10.2 Å². The molecule has 1 unspecified atom stereocenters. The number of phenols is 1. The Labute approximate surface area is 150 Å². The Morgan fingerprint density at radius 1 is 1.40 bits per heavy atom. The molecule has 1 aliphatic rings. The van der Waals surface area contributed by atoms with Gasteiger partial charge in [-0.2, -0.15) is 0 Å². The number of benzene rings is 1. The van der Waals surface area contributed by atoms with Crippen LogP contribution >= 0.6 is 0 Å². The van der Waals surface area contributed by atoms with E-state index >= 15 is 4.39 Å². The van der Waals surface area contributed by atoms with E-state index in [1.807, 2.05) is 26.0 Å². The Kier molecular flexibility index (Phi) is 6.15. The maximum Gasteiger partial charge on any atom is 0.164 e. The van der Waals surface area contributed by atoms with Crippen molar-refractivity contribution >= 4 is 0 Å². The third-order valence-corrected chi connectivity index (χ3v) is 5.48. The first-order chi connectivity index (χ1) is 11.7. The number of phenolic OH excluding ortho intramolecular Hbond substituents is 1. The van der Waals surface area contributed by atoms with Crippen LogP contribution in [-0.4, -0.2) is 29.6 Å². The normalized spacial score (nSPS) is 22.0. The number of aliphatic hydroxyl groups excluding tert-OH is 1. The summed E-state index contributed by atoms with van der Waals surface area (Å²) >= 11 is 0. The number of allylic oxidation sites excluding steroid dienone is 2. The van der Waals surface area contributed by atoms with Crippen LogP contribution in [-0.2, 0) is 0 Å². The molecule has 0 fully saturated rings. The second kappa shape index (κ2) is 7.77. The molecule has 1 aromatic carbocycles. The van der Waals surface area contributed by atoms with Crippen molar-refractivity contribution in [3.8, 4) is 11.5 Å². The highest BCUT2D eigenvalue weighted by molar-refractivity contribution is 5.58. The van der Waals surface area contributed by atoms with Crippen molar-refractivity contribution in [3.63, 3.8) is 0 Å². The van der Waals surface area contributed by atoms with E-state index in [-0.39, 0.29) is 24.0 Å². The van der Waals surface area contributed by atoms with Gasteiger partial charge >= 0.3 is 0 Å². The summed E-state index contributed by atoms with van der Waals surface area (Å²) in [6.07, 6.45) is 4.40. The molecule has 0 spiro atoms. The first-order valence-corrected chi connectivity index (χ1v) is 9.08. The fourth-order valence-electron chi connectivity index (χ4n) is 4.04. The van der Waals surface area contributed by atoms with Crippen LogP contribution in [0.4, 0.5) is 4.39 Å². The van der Waals surface area contributed by atoms with E-state index in [0.29, 0.717) is 24.2 Å². The Bertz CT molecular complexity index is 649. The Morgan fingerprint density at radius 3 is 2.64 bits per heavy atom. The van der Waals surface area contributed by atoms with Crippen LogP contribution in [0.5, 0.6) is 11.5 Å². The lowest BCUT2D eigenvalue weighted by Gasteiger charge is -2.39. The zero-order chi connectivity index (χ0) is 18.8. The Morgan fingerprint density at radius 2 is 2.08 bits per heavy atom. The van der Waals surface area contributed by atoms with Crippen LogP contribution in [0.25, 0.3) is 0 Å². The molecule has 0 saturated heterocycles. The molecule has 1 aliphatic carbocycles. The van der Waals surface area contributed by atoms with Gasteiger partial charge in [0.15, 0.2) is 11.5 Å². The van der Waals surface area contributed by atoms with E-state index in [4.69, 9.17) is 4.74 Å². The van der Waals surface area contributed by atoms with Gasteiger partial charge in [0.2, 0.25) is 0 Å². The predicted octanol–water partition coefficient (Wildman–Crippen LogP) is 5.14. The third kappa shape index (κ3) is 3.84. The van der Waals surface area contributed by atoms with Crippen LogP contribution in [0.2, 0.25) is 0 Å². The molecule has 0 amide bonds. The zero-order valence-electron chi connectivity index (χ0n) is 16.0. The lowest BCUT2D eigenvalue weighted by Crippen LogP contribution is -2.38. The first kappa shape index (κ1) is 19.8. The summed E-state index contributed by atoms with van der Waals surface area (Å²) in [5.74, 6) is 0.388. The highest BCUT2D eigenvalue weighted by Crippen LogP contribution is 2.52. The van der Waals surface area contributed by atoms with Gasteiger partial charge in [0.05, 0.1) is 13.7 Å².